The maximum absolute atomic E-state index is 11.6. The molecule has 0 amide bonds. The van der Waals surface area contributed by atoms with Crippen LogP contribution in [0.4, 0.5) is 0 Å². The van der Waals surface area contributed by atoms with Gasteiger partial charge in [-0.25, -0.2) is 8.42 Å². The fourth-order valence-corrected chi connectivity index (χ4v) is 2.46. The summed E-state index contributed by atoms with van der Waals surface area (Å²) >= 11 is 0. The van der Waals surface area contributed by atoms with Gasteiger partial charge in [-0.1, -0.05) is 27.7 Å². The van der Waals surface area contributed by atoms with Gasteiger partial charge in [0.1, 0.15) is 5.78 Å². The molecule has 0 radical (unpaired) electrons. The molecule has 0 aliphatic heterocycles. The van der Waals surface area contributed by atoms with Crippen molar-refractivity contribution in [3.63, 3.8) is 0 Å². The number of ketones is 1. The fraction of sp³-hybridized carbons (Fsp3) is 0.900. The van der Waals surface area contributed by atoms with Crippen LogP contribution < -0.4 is 29.6 Å². The van der Waals surface area contributed by atoms with Crippen LogP contribution in [0.5, 0.6) is 0 Å². The second-order valence-corrected chi connectivity index (χ2v) is 6.22. The molecule has 0 fully saturated rings. The largest absolute Gasteiger partial charge is 1.00 e. The van der Waals surface area contributed by atoms with E-state index < -0.39 is 21.3 Å². The SMILES string of the molecule is CCC(C)C(=O)CC(C)(C)CS(=O)(=O)[O-].[Na+]. The van der Waals surface area contributed by atoms with Gasteiger partial charge < -0.3 is 4.55 Å². The zero-order valence-electron chi connectivity index (χ0n) is 10.7. The Morgan fingerprint density at radius 1 is 1.38 bits per heavy atom. The summed E-state index contributed by atoms with van der Waals surface area (Å²) in [7, 11) is -4.26. The van der Waals surface area contributed by atoms with Crippen LogP contribution in [0.25, 0.3) is 0 Å². The van der Waals surface area contributed by atoms with E-state index >= 15 is 0 Å². The Labute approximate surface area is 120 Å². The number of Topliss-reactive ketones (excluding diaryl/α,β-unsaturated/α-hetero) is 1. The maximum atomic E-state index is 11.6. The van der Waals surface area contributed by atoms with Crippen molar-refractivity contribution >= 4 is 15.9 Å². The van der Waals surface area contributed by atoms with Gasteiger partial charge in [0, 0.05) is 18.1 Å². The van der Waals surface area contributed by atoms with Crippen molar-refractivity contribution in [2.24, 2.45) is 11.3 Å². The first-order chi connectivity index (χ1) is 6.57. The molecule has 0 spiro atoms. The molecule has 0 rings (SSSR count). The molecule has 1 unspecified atom stereocenters. The summed E-state index contributed by atoms with van der Waals surface area (Å²) in [5, 5.41) is 0. The van der Waals surface area contributed by atoms with Crippen molar-refractivity contribution in [1.82, 2.24) is 0 Å². The van der Waals surface area contributed by atoms with Crippen molar-refractivity contribution in [1.29, 1.82) is 0 Å². The quantitative estimate of drug-likeness (QED) is 0.432. The zero-order chi connectivity index (χ0) is 12.3. The summed E-state index contributed by atoms with van der Waals surface area (Å²) in [5.41, 5.74) is -0.763. The minimum absolute atomic E-state index is 0. The van der Waals surface area contributed by atoms with Crippen molar-refractivity contribution < 1.29 is 47.3 Å². The molecule has 0 aliphatic carbocycles. The predicted octanol–water partition coefficient (Wildman–Crippen LogP) is -1.43. The molecular weight excluding hydrogens is 239 g/mol. The van der Waals surface area contributed by atoms with Gasteiger partial charge in [0.15, 0.2) is 0 Å². The van der Waals surface area contributed by atoms with Crippen molar-refractivity contribution in [3.8, 4) is 0 Å². The zero-order valence-corrected chi connectivity index (χ0v) is 13.6. The predicted molar refractivity (Wildman–Crippen MR) is 57.4 cm³/mol. The second-order valence-electron chi connectivity index (χ2n) is 4.82. The molecule has 0 bridgehead atoms. The van der Waals surface area contributed by atoms with Crippen molar-refractivity contribution in [2.75, 3.05) is 5.75 Å². The number of rotatable bonds is 6. The molecule has 0 aromatic heterocycles. The topological polar surface area (TPSA) is 74.3 Å². The Balaban J connectivity index is 0. The van der Waals surface area contributed by atoms with Gasteiger partial charge >= 0.3 is 29.6 Å². The number of hydrogen-bond acceptors (Lipinski definition) is 4. The van der Waals surface area contributed by atoms with E-state index in [1.807, 2.05) is 13.8 Å². The molecule has 6 heteroatoms. The first kappa shape index (κ1) is 18.9. The fourth-order valence-electron chi connectivity index (χ4n) is 1.40. The van der Waals surface area contributed by atoms with E-state index in [0.29, 0.717) is 0 Å². The van der Waals surface area contributed by atoms with E-state index in [1.54, 1.807) is 13.8 Å². The third-order valence-electron chi connectivity index (χ3n) is 2.38. The number of carbonyl (C=O) groups excluding carboxylic acids is 1. The van der Waals surface area contributed by atoms with Gasteiger partial charge in [0.25, 0.3) is 0 Å². The summed E-state index contributed by atoms with van der Waals surface area (Å²) < 4.78 is 31.8. The summed E-state index contributed by atoms with van der Waals surface area (Å²) in [5.74, 6) is -0.535. The minimum Gasteiger partial charge on any atom is -0.748 e. The summed E-state index contributed by atoms with van der Waals surface area (Å²) in [6.45, 7) is 6.97. The van der Waals surface area contributed by atoms with E-state index in [0.717, 1.165) is 6.42 Å². The van der Waals surface area contributed by atoms with Gasteiger partial charge in [0.2, 0.25) is 0 Å². The van der Waals surface area contributed by atoms with Crippen molar-refractivity contribution in [2.45, 2.75) is 40.5 Å². The minimum atomic E-state index is -4.26. The average Bonchev–Trinajstić information content (AvgIpc) is 1.96. The third kappa shape index (κ3) is 8.70. The number of hydrogen-bond donors (Lipinski definition) is 0. The molecule has 16 heavy (non-hydrogen) atoms. The molecule has 0 aromatic carbocycles. The van der Waals surface area contributed by atoms with Crippen LogP contribution in [0.1, 0.15) is 40.5 Å². The first-order valence-corrected chi connectivity index (χ1v) is 6.61. The van der Waals surface area contributed by atoms with Crippen LogP contribution in [-0.4, -0.2) is 24.5 Å². The van der Waals surface area contributed by atoms with Gasteiger partial charge in [-0.3, -0.25) is 4.79 Å². The van der Waals surface area contributed by atoms with Crippen LogP contribution in [-0.2, 0) is 14.9 Å². The third-order valence-corrected chi connectivity index (χ3v) is 3.52. The monoisotopic (exact) mass is 258 g/mol. The smallest absolute Gasteiger partial charge is 0.748 e. The van der Waals surface area contributed by atoms with E-state index in [4.69, 9.17) is 0 Å². The van der Waals surface area contributed by atoms with Gasteiger partial charge in [-0.05, 0) is 11.8 Å². The molecule has 0 saturated heterocycles. The van der Waals surface area contributed by atoms with Crippen molar-refractivity contribution in [3.05, 3.63) is 0 Å². The normalized spacial score (nSPS) is 14.1. The summed E-state index contributed by atoms with van der Waals surface area (Å²) in [6, 6.07) is 0. The number of carbonyl (C=O) groups is 1. The maximum Gasteiger partial charge on any atom is 1.00 e. The van der Waals surface area contributed by atoms with Crippen LogP contribution in [0.3, 0.4) is 0 Å². The Bertz CT molecular complexity index is 322. The Hall–Kier alpha value is 0.580. The van der Waals surface area contributed by atoms with E-state index in [1.165, 1.54) is 0 Å². The standard InChI is InChI=1S/C10H20O4S.Na/c1-5-8(2)9(11)6-10(3,4)7-15(12,13)14;/h8H,5-7H2,1-4H3,(H,12,13,14);/q;+1/p-1. The average molecular weight is 258 g/mol. The molecular formula is C10H19NaO4S. The van der Waals surface area contributed by atoms with Crippen LogP contribution in [0, 0.1) is 11.3 Å². The molecule has 90 valence electrons. The molecule has 0 N–H and O–H groups in total. The first-order valence-electron chi connectivity index (χ1n) is 5.03. The van der Waals surface area contributed by atoms with E-state index in [-0.39, 0.29) is 47.7 Å². The summed E-state index contributed by atoms with van der Waals surface area (Å²) in [4.78, 5) is 11.6. The van der Waals surface area contributed by atoms with E-state index in [2.05, 4.69) is 0 Å². The van der Waals surface area contributed by atoms with Gasteiger partial charge in [-0.2, -0.15) is 0 Å². The molecule has 1 atom stereocenters. The molecule has 0 aliphatic rings. The molecule has 4 nitrogen and oxygen atoms in total. The molecule has 0 heterocycles. The Morgan fingerprint density at radius 3 is 2.12 bits per heavy atom. The Kier molecular flexibility index (Phi) is 8.42. The van der Waals surface area contributed by atoms with Gasteiger partial charge in [-0.15, -0.1) is 0 Å². The second kappa shape index (κ2) is 7.11. The summed E-state index contributed by atoms with van der Waals surface area (Å²) in [6.07, 6.45) is 0.877. The van der Waals surface area contributed by atoms with E-state index in [9.17, 15) is 17.8 Å². The van der Waals surface area contributed by atoms with Crippen LogP contribution in [0.15, 0.2) is 0 Å². The van der Waals surface area contributed by atoms with Gasteiger partial charge in [0.05, 0.1) is 10.1 Å². The van der Waals surface area contributed by atoms with Crippen LogP contribution >= 0.6 is 0 Å². The molecule has 0 saturated carbocycles. The Morgan fingerprint density at radius 2 is 1.81 bits per heavy atom. The van der Waals surface area contributed by atoms with Crippen LogP contribution in [0.2, 0.25) is 0 Å². The molecule has 0 aromatic rings.